The minimum absolute atomic E-state index is 0.0226. The Morgan fingerprint density at radius 2 is 1.66 bits per heavy atom. The maximum absolute atomic E-state index is 14.1. The molecule has 4 aromatic rings. The number of aromatic amines is 2. The summed E-state index contributed by atoms with van der Waals surface area (Å²) in [5, 5.41) is 9.76. The van der Waals surface area contributed by atoms with E-state index >= 15 is 0 Å². The van der Waals surface area contributed by atoms with Gasteiger partial charge in [0.2, 0.25) is 23.6 Å². The van der Waals surface area contributed by atoms with Gasteiger partial charge in [-0.05, 0) is 31.0 Å². The van der Waals surface area contributed by atoms with E-state index in [9.17, 15) is 19.2 Å². The van der Waals surface area contributed by atoms with E-state index in [1.165, 1.54) is 4.90 Å². The fourth-order valence-corrected chi connectivity index (χ4v) is 5.90. The molecule has 0 unspecified atom stereocenters. The average molecular weight is 641 g/mol. The molecule has 12 heteroatoms. The van der Waals surface area contributed by atoms with Crippen LogP contribution >= 0.6 is 0 Å². The normalized spacial score (nSPS) is 20.8. The second-order valence-electron chi connectivity index (χ2n) is 12.2. The van der Waals surface area contributed by atoms with Gasteiger partial charge in [-0.1, -0.05) is 55.5 Å². The summed E-state index contributed by atoms with van der Waals surface area (Å²) in [7, 11) is 1.54. The molecule has 248 valence electrons. The van der Waals surface area contributed by atoms with Crippen LogP contribution in [-0.2, 0) is 45.0 Å². The maximum Gasteiger partial charge on any atom is 0.245 e. The number of benzene rings is 2. The molecule has 4 amide bonds. The summed E-state index contributed by atoms with van der Waals surface area (Å²) in [6, 6.07) is 14.5. The molecule has 5 rings (SSSR count). The van der Waals surface area contributed by atoms with Crippen LogP contribution in [0, 0.1) is 6.92 Å². The van der Waals surface area contributed by atoms with Gasteiger partial charge in [0.05, 0.1) is 12.2 Å². The lowest BCUT2D eigenvalue weighted by Gasteiger charge is -2.30. The number of hydrogen-bond donors (Lipinski definition) is 5. The van der Waals surface area contributed by atoms with E-state index in [2.05, 4.69) is 25.9 Å². The number of hydrogen-bond acceptors (Lipinski definition) is 6. The van der Waals surface area contributed by atoms with Gasteiger partial charge in [0.25, 0.3) is 0 Å². The maximum atomic E-state index is 14.1. The molecule has 1 fully saturated rings. The topological polar surface area (TPSA) is 155 Å². The molecular weight excluding hydrogens is 596 g/mol. The van der Waals surface area contributed by atoms with Gasteiger partial charge in [0, 0.05) is 68.7 Å². The van der Waals surface area contributed by atoms with E-state index in [1.807, 2.05) is 79.5 Å². The Hall–Kier alpha value is -4.97. The molecule has 1 aliphatic heterocycles. The first-order valence-electron chi connectivity index (χ1n) is 16.1. The Morgan fingerprint density at radius 3 is 2.40 bits per heavy atom. The molecule has 0 aliphatic carbocycles. The fraction of sp³-hybridized carbons (Fsp3) is 0.400. The molecule has 47 heavy (non-hydrogen) atoms. The van der Waals surface area contributed by atoms with E-state index in [4.69, 9.17) is 4.98 Å². The van der Waals surface area contributed by atoms with Gasteiger partial charge >= 0.3 is 0 Å². The zero-order valence-corrected chi connectivity index (χ0v) is 27.4. The highest BCUT2D eigenvalue weighted by atomic mass is 16.2. The smallest absolute Gasteiger partial charge is 0.245 e. The number of amides is 4. The average Bonchev–Trinajstić information content (AvgIpc) is 3.65. The van der Waals surface area contributed by atoms with Crippen molar-refractivity contribution in [1.82, 2.24) is 40.7 Å². The fourth-order valence-electron chi connectivity index (χ4n) is 5.90. The molecule has 5 N–H and O–H groups in total. The van der Waals surface area contributed by atoms with Crippen LogP contribution in [0.5, 0.6) is 0 Å². The van der Waals surface area contributed by atoms with Crippen molar-refractivity contribution in [1.29, 1.82) is 0 Å². The van der Waals surface area contributed by atoms with E-state index < -0.39 is 29.9 Å². The highest BCUT2D eigenvalue weighted by Gasteiger charge is 2.33. The Bertz CT molecular complexity index is 1710. The summed E-state index contributed by atoms with van der Waals surface area (Å²) in [5.74, 6) is -0.710. The van der Waals surface area contributed by atoms with Gasteiger partial charge in [0.1, 0.15) is 23.9 Å². The number of para-hydroxylation sites is 1. The van der Waals surface area contributed by atoms with Gasteiger partial charge in [0.15, 0.2) is 0 Å². The van der Waals surface area contributed by atoms with Gasteiger partial charge in [-0.2, -0.15) is 0 Å². The van der Waals surface area contributed by atoms with Crippen LogP contribution in [0.1, 0.15) is 42.2 Å². The first kappa shape index (κ1) is 33.4. The van der Waals surface area contributed by atoms with Crippen molar-refractivity contribution >= 4 is 34.5 Å². The molecule has 1 aliphatic rings. The molecule has 3 atom stereocenters. The number of nitrogens with one attached hydrogen (secondary N) is 5. The second kappa shape index (κ2) is 15.1. The summed E-state index contributed by atoms with van der Waals surface area (Å²) in [6.45, 7) is 6.51. The number of carbonyl (C=O) groups excluding carboxylic acids is 4. The predicted octanol–water partition coefficient (Wildman–Crippen LogP) is 2.00. The second-order valence-corrected chi connectivity index (χ2v) is 12.2. The standard InChI is InChI=1S/C35H44N8O4/c1-5-31-38-22(2)30(39-31)20-43-16-15-36-34(46)28(17-24-11-7-6-8-12-24)41-33(45)23(3)42(4)35(47)29(40-32(44)21-43)18-25-19-37-27-14-10-9-13-26(25)27/h6-14,19,23,28-29,37H,5,15-18,20-21H2,1-4H3,(H,36,46)(H,38,39)(H,40,44)(H,41,45)/t23-,28-,29-/m0/s1. The van der Waals surface area contributed by atoms with Gasteiger partial charge in [-0.3, -0.25) is 24.1 Å². The molecule has 12 nitrogen and oxygen atoms in total. The zero-order valence-electron chi connectivity index (χ0n) is 27.4. The van der Waals surface area contributed by atoms with Crippen LogP contribution in [0.4, 0.5) is 0 Å². The Morgan fingerprint density at radius 1 is 0.915 bits per heavy atom. The minimum Gasteiger partial charge on any atom is -0.361 e. The zero-order chi connectivity index (χ0) is 33.5. The van der Waals surface area contributed by atoms with Crippen molar-refractivity contribution in [3.8, 4) is 0 Å². The lowest BCUT2D eigenvalue weighted by molar-refractivity contribution is -0.142. The number of aryl methyl sites for hydroxylation is 2. The van der Waals surface area contributed by atoms with Crippen molar-refractivity contribution in [3.63, 3.8) is 0 Å². The summed E-state index contributed by atoms with van der Waals surface area (Å²) < 4.78 is 0. The monoisotopic (exact) mass is 640 g/mol. The number of nitrogens with zero attached hydrogens (tertiary/aromatic N) is 3. The van der Waals surface area contributed by atoms with E-state index in [0.29, 0.717) is 13.1 Å². The van der Waals surface area contributed by atoms with Crippen LogP contribution in [-0.4, -0.2) is 93.2 Å². The SMILES string of the molecule is CCc1nc(CN2CCNC(=O)[C@H](Cc3ccccc3)NC(=O)[C@H](C)N(C)C(=O)[C@H](Cc3c[nH]c4ccccc34)NC(=O)C2)c(C)[nH]1. The van der Waals surface area contributed by atoms with Crippen LogP contribution < -0.4 is 16.0 Å². The Labute approximate surface area is 274 Å². The molecule has 1 saturated heterocycles. The molecule has 2 aromatic carbocycles. The number of carbonyl (C=O) groups is 4. The lowest BCUT2D eigenvalue weighted by atomic mass is 10.0. The molecular formula is C35H44N8O4. The number of rotatable bonds is 7. The number of aromatic nitrogens is 3. The third kappa shape index (κ3) is 8.25. The van der Waals surface area contributed by atoms with Crippen molar-refractivity contribution < 1.29 is 19.2 Å². The summed E-state index contributed by atoms with van der Waals surface area (Å²) >= 11 is 0. The van der Waals surface area contributed by atoms with E-state index in [-0.39, 0.29) is 37.7 Å². The summed E-state index contributed by atoms with van der Waals surface area (Å²) in [4.78, 5) is 69.2. The van der Waals surface area contributed by atoms with E-state index in [0.717, 1.165) is 45.7 Å². The van der Waals surface area contributed by atoms with Crippen molar-refractivity contribution in [3.05, 3.63) is 89.1 Å². The van der Waals surface area contributed by atoms with Crippen LogP contribution in [0.2, 0.25) is 0 Å². The van der Waals surface area contributed by atoms with Crippen molar-refractivity contribution in [2.75, 3.05) is 26.7 Å². The van der Waals surface area contributed by atoms with Gasteiger partial charge in [-0.15, -0.1) is 0 Å². The van der Waals surface area contributed by atoms with Crippen LogP contribution in [0.3, 0.4) is 0 Å². The van der Waals surface area contributed by atoms with Gasteiger partial charge in [-0.25, -0.2) is 4.98 Å². The molecule has 0 bridgehead atoms. The number of fused-ring (bicyclic) bond motifs is 1. The molecule has 0 radical (unpaired) electrons. The minimum atomic E-state index is -0.937. The molecule has 0 saturated carbocycles. The van der Waals surface area contributed by atoms with Crippen LogP contribution in [0.25, 0.3) is 10.9 Å². The third-order valence-electron chi connectivity index (χ3n) is 8.79. The van der Waals surface area contributed by atoms with Crippen molar-refractivity contribution in [2.24, 2.45) is 0 Å². The van der Waals surface area contributed by atoms with Crippen molar-refractivity contribution in [2.45, 2.75) is 64.7 Å². The molecule has 3 heterocycles. The summed E-state index contributed by atoms with van der Waals surface area (Å²) in [5.41, 5.74) is 4.41. The van der Waals surface area contributed by atoms with E-state index in [1.54, 1.807) is 14.0 Å². The quantitative estimate of drug-likeness (QED) is 0.208. The largest absolute Gasteiger partial charge is 0.361 e. The highest BCUT2D eigenvalue weighted by molar-refractivity contribution is 5.95. The number of H-pyrrole nitrogens is 2. The first-order chi connectivity index (χ1) is 22.6. The Kier molecular flexibility index (Phi) is 10.7. The number of likely N-dealkylation sites (N-methyl/N-ethyl adjacent to an activating group) is 1. The first-order valence-corrected chi connectivity index (χ1v) is 16.1. The number of imidazole rings is 1. The van der Waals surface area contributed by atoms with Crippen LogP contribution in [0.15, 0.2) is 60.8 Å². The third-order valence-corrected chi connectivity index (χ3v) is 8.79. The molecule has 2 aromatic heterocycles. The Balaban J connectivity index is 1.45. The predicted molar refractivity (Wildman–Crippen MR) is 179 cm³/mol. The molecule has 0 spiro atoms. The highest BCUT2D eigenvalue weighted by Crippen LogP contribution is 2.20. The summed E-state index contributed by atoms with van der Waals surface area (Å²) in [6.07, 6.45) is 3.10. The van der Waals surface area contributed by atoms with Gasteiger partial charge < -0.3 is 30.8 Å². The lowest BCUT2D eigenvalue weighted by Crippen LogP contribution is -2.57.